The van der Waals surface area contributed by atoms with Gasteiger partial charge in [0.2, 0.25) is 0 Å². The summed E-state index contributed by atoms with van der Waals surface area (Å²) in [5, 5.41) is 2.98. The SMILES string of the molecule is CN(C)C(=O)N1CCC(Nc2cc(F)c(F)c(F)c2)CC1. The number of urea groups is 1. The fraction of sp³-hybridized carbons (Fsp3) is 0.500. The summed E-state index contributed by atoms with van der Waals surface area (Å²) in [7, 11) is 3.38. The third-order valence-electron chi connectivity index (χ3n) is 3.50. The van der Waals surface area contributed by atoms with Crippen molar-refractivity contribution in [2.45, 2.75) is 18.9 Å². The van der Waals surface area contributed by atoms with Crippen LogP contribution in [-0.2, 0) is 0 Å². The number of carbonyl (C=O) groups excluding carboxylic acids is 1. The molecule has 1 saturated heterocycles. The van der Waals surface area contributed by atoms with E-state index in [-0.39, 0.29) is 17.8 Å². The molecule has 0 radical (unpaired) electrons. The first-order valence-electron chi connectivity index (χ1n) is 6.76. The van der Waals surface area contributed by atoms with Gasteiger partial charge in [0.1, 0.15) is 0 Å². The van der Waals surface area contributed by atoms with Crippen molar-refractivity contribution in [1.82, 2.24) is 9.80 Å². The zero-order valence-corrected chi connectivity index (χ0v) is 12.0. The summed E-state index contributed by atoms with van der Waals surface area (Å²) in [4.78, 5) is 15.0. The average Bonchev–Trinajstić information content (AvgIpc) is 2.44. The molecule has 0 spiro atoms. The molecule has 0 aliphatic carbocycles. The number of nitrogens with one attached hydrogen (secondary N) is 1. The standard InChI is InChI=1S/C14H18F3N3O/c1-19(2)14(21)20-5-3-9(4-6-20)18-10-7-11(15)13(17)12(16)8-10/h7-9,18H,3-6H2,1-2H3. The molecule has 1 N–H and O–H groups in total. The van der Waals surface area contributed by atoms with Crippen molar-refractivity contribution in [2.75, 3.05) is 32.5 Å². The van der Waals surface area contributed by atoms with Gasteiger partial charge in [-0.05, 0) is 12.8 Å². The van der Waals surface area contributed by atoms with Crippen LogP contribution in [0.1, 0.15) is 12.8 Å². The fourth-order valence-electron chi connectivity index (χ4n) is 2.37. The van der Waals surface area contributed by atoms with Gasteiger partial charge in [-0.1, -0.05) is 0 Å². The number of hydrogen-bond donors (Lipinski definition) is 1. The predicted molar refractivity (Wildman–Crippen MR) is 73.6 cm³/mol. The maximum atomic E-state index is 13.1. The number of anilines is 1. The molecule has 1 fully saturated rings. The minimum absolute atomic E-state index is 0.000438. The molecule has 2 rings (SSSR count). The molecule has 1 aliphatic rings. The molecule has 0 saturated carbocycles. The van der Waals surface area contributed by atoms with Gasteiger partial charge in [0.25, 0.3) is 0 Å². The highest BCUT2D eigenvalue weighted by Gasteiger charge is 2.24. The van der Waals surface area contributed by atoms with Crippen LogP contribution in [0.25, 0.3) is 0 Å². The van der Waals surface area contributed by atoms with E-state index in [1.807, 2.05) is 0 Å². The Morgan fingerprint density at radius 2 is 1.71 bits per heavy atom. The van der Waals surface area contributed by atoms with Gasteiger partial charge in [-0.2, -0.15) is 0 Å². The van der Waals surface area contributed by atoms with E-state index < -0.39 is 17.5 Å². The van der Waals surface area contributed by atoms with Gasteiger partial charge in [0, 0.05) is 51.0 Å². The summed E-state index contributed by atoms with van der Waals surface area (Å²) in [5.74, 6) is -3.89. The van der Waals surface area contributed by atoms with Crippen molar-refractivity contribution in [2.24, 2.45) is 0 Å². The normalized spacial score (nSPS) is 16.0. The maximum Gasteiger partial charge on any atom is 0.319 e. The predicted octanol–water partition coefficient (Wildman–Crippen LogP) is 2.66. The quantitative estimate of drug-likeness (QED) is 0.853. The van der Waals surface area contributed by atoms with Gasteiger partial charge >= 0.3 is 6.03 Å². The zero-order valence-electron chi connectivity index (χ0n) is 12.0. The van der Waals surface area contributed by atoms with Gasteiger partial charge in [-0.3, -0.25) is 0 Å². The highest BCUT2D eigenvalue weighted by molar-refractivity contribution is 5.73. The van der Waals surface area contributed by atoms with E-state index >= 15 is 0 Å². The Hall–Kier alpha value is -1.92. The van der Waals surface area contributed by atoms with Crippen molar-refractivity contribution in [3.05, 3.63) is 29.6 Å². The summed E-state index contributed by atoms with van der Waals surface area (Å²) in [5.41, 5.74) is 0.212. The first-order valence-corrected chi connectivity index (χ1v) is 6.76. The first-order chi connectivity index (χ1) is 9.88. The van der Waals surface area contributed by atoms with Crippen molar-refractivity contribution in [1.29, 1.82) is 0 Å². The van der Waals surface area contributed by atoms with Gasteiger partial charge in [-0.15, -0.1) is 0 Å². The Morgan fingerprint density at radius 1 is 1.19 bits per heavy atom. The van der Waals surface area contributed by atoms with Crippen LogP contribution in [0.4, 0.5) is 23.7 Å². The van der Waals surface area contributed by atoms with Crippen LogP contribution >= 0.6 is 0 Å². The number of likely N-dealkylation sites (tertiary alicyclic amines) is 1. The lowest BCUT2D eigenvalue weighted by Gasteiger charge is -2.34. The van der Waals surface area contributed by atoms with Crippen LogP contribution in [0.15, 0.2) is 12.1 Å². The van der Waals surface area contributed by atoms with Crippen LogP contribution in [0.2, 0.25) is 0 Å². The fourth-order valence-corrected chi connectivity index (χ4v) is 2.37. The van der Waals surface area contributed by atoms with Crippen molar-refractivity contribution >= 4 is 11.7 Å². The van der Waals surface area contributed by atoms with Crippen molar-refractivity contribution in [3.8, 4) is 0 Å². The van der Waals surface area contributed by atoms with Crippen LogP contribution in [0, 0.1) is 17.5 Å². The number of amides is 2. The summed E-state index contributed by atoms with van der Waals surface area (Å²) < 4.78 is 39.2. The van der Waals surface area contributed by atoms with E-state index in [1.54, 1.807) is 19.0 Å². The van der Waals surface area contributed by atoms with Gasteiger partial charge in [-0.25, -0.2) is 18.0 Å². The Labute approximate surface area is 121 Å². The molecule has 7 heteroatoms. The highest BCUT2D eigenvalue weighted by atomic mass is 19.2. The summed E-state index contributed by atoms with van der Waals surface area (Å²) in [6.45, 7) is 1.14. The average molecular weight is 301 g/mol. The van der Waals surface area contributed by atoms with Gasteiger partial charge in [0.05, 0.1) is 0 Å². The third-order valence-corrected chi connectivity index (χ3v) is 3.50. The summed E-state index contributed by atoms with van der Waals surface area (Å²) in [6, 6.07) is 1.83. The van der Waals surface area contributed by atoms with Crippen LogP contribution < -0.4 is 5.32 Å². The lowest BCUT2D eigenvalue weighted by molar-refractivity contribution is 0.158. The molecule has 0 bridgehead atoms. The number of rotatable bonds is 2. The molecule has 0 aromatic heterocycles. The topological polar surface area (TPSA) is 35.6 Å². The third kappa shape index (κ3) is 3.59. The second kappa shape index (κ2) is 6.24. The summed E-state index contributed by atoms with van der Waals surface area (Å²) in [6.07, 6.45) is 1.33. The van der Waals surface area contributed by atoms with Crippen LogP contribution in [-0.4, -0.2) is 49.1 Å². The number of nitrogens with zero attached hydrogens (tertiary/aromatic N) is 2. The van der Waals surface area contributed by atoms with Crippen molar-refractivity contribution < 1.29 is 18.0 Å². The van der Waals surface area contributed by atoms with E-state index in [4.69, 9.17) is 0 Å². The number of piperidine rings is 1. The van der Waals surface area contributed by atoms with Crippen molar-refractivity contribution in [3.63, 3.8) is 0 Å². The number of hydrogen-bond acceptors (Lipinski definition) is 2. The number of carbonyl (C=O) groups is 1. The lowest BCUT2D eigenvalue weighted by atomic mass is 10.0. The van der Waals surface area contributed by atoms with Gasteiger partial charge < -0.3 is 15.1 Å². The van der Waals surface area contributed by atoms with Crippen LogP contribution in [0.3, 0.4) is 0 Å². The molecule has 1 heterocycles. The number of benzene rings is 1. The Balaban J connectivity index is 1.93. The molecule has 0 unspecified atom stereocenters. The molecule has 116 valence electrons. The van der Waals surface area contributed by atoms with E-state index in [0.29, 0.717) is 25.9 Å². The lowest BCUT2D eigenvalue weighted by Crippen LogP contribution is -2.46. The zero-order chi connectivity index (χ0) is 15.6. The Kier molecular flexibility index (Phi) is 4.59. The highest BCUT2D eigenvalue weighted by Crippen LogP contribution is 2.21. The Morgan fingerprint density at radius 3 is 2.19 bits per heavy atom. The minimum atomic E-state index is -1.47. The summed E-state index contributed by atoms with van der Waals surface area (Å²) >= 11 is 0. The second-order valence-electron chi connectivity index (χ2n) is 5.34. The molecule has 4 nitrogen and oxygen atoms in total. The molecular formula is C14H18F3N3O. The van der Waals surface area contributed by atoms with E-state index in [9.17, 15) is 18.0 Å². The second-order valence-corrected chi connectivity index (χ2v) is 5.34. The largest absolute Gasteiger partial charge is 0.382 e. The van der Waals surface area contributed by atoms with Gasteiger partial charge in [0.15, 0.2) is 17.5 Å². The Bertz CT molecular complexity index is 505. The van der Waals surface area contributed by atoms with Crippen LogP contribution in [0.5, 0.6) is 0 Å². The molecular weight excluding hydrogens is 283 g/mol. The monoisotopic (exact) mass is 301 g/mol. The van der Waals surface area contributed by atoms with E-state index in [0.717, 1.165) is 12.1 Å². The molecule has 1 aliphatic heterocycles. The van der Waals surface area contributed by atoms with E-state index in [2.05, 4.69) is 5.32 Å². The molecule has 2 amide bonds. The number of halogens is 3. The maximum absolute atomic E-state index is 13.1. The molecule has 21 heavy (non-hydrogen) atoms. The first kappa shape index (κ1) is 15.5. The smallest absolute Gasteiger partial charge is 0.319 e. The molecule has 0 atom stereocenters. The van der Waals surface area contributed by atoms with E-state index in [1.165, 1.54) is 4.90 Å². The molecule has 1 aromatic rings. The minimum Gasteiger partial charge on any atom is -0.382 e. The molecule has 1 aromatic carbocycles.